The van der Waals surface area contributed by atoms with E-state index in [0.29, 0.717) is 6.61 Å². The van der Waals surface area contributed by atoms with Gasteiger partial charge in [0.25, 0.3) is 0 Å². The lowest BCUT2D eigenvalue weighted by molar-refractivity contribution is -0.134. The Labute approximate surface area is 123 Å². The van der Waals surface area contributed by atoms with E-state index in [9.17, 15) is 9.18 Å². The van der Waals surface area contributed by atoms with Crippen molar-refractivity contribution in [2.75, 3.05) is 19.7 Å². The van der Waals surface area contributed by atoms with Gasteiger partial charge >= 0.3 is 0 Å². The highest BCUT2D eigenvalue weighted by Gasteiger charge is 2.46. The first-order chi connectivity index (χ1) is 10.0. The summed E-state index contributed by atoms with van der Waals surface area (Å²) in [6.07, 6.45) is 4.66. The fourth-order valence-electron chi connectivity index (χ4n) is 3.29. The summed E-state index contributed by atoms with van der Waals surface area (Å²) in [6, 6.07) is 1.07. The first kappa shape index (κ1) is 14.6. The molecule has 1 aromatic heterocycles. The maximum absolute atomic E-state index is 13.5. The van der Waals surface area contributed by atoms with Gasteiger partial charge in [0.2, 0.25) is 0 Å². The lowest BCUT2D eigenvalue weighted by Gasteiger charge is -2.39. The van der Waals surface area contributed by atoms with E-state index in [0.717, 1.165) is 31.4 Å². The normalized spacial score (nSPS) is 29.9. The van der Waals surface area contributed by atoms with Crippen molar-refractivity contribution in [3.8, 4) is 0 Å². The molecule has 0 saturated carbocycles. The third-order valence-electron chi connectivity index (χ3n) is 4.37. The molecule has 2 fully saturated rings. The molecule has 0 amide bonds. The molecule has 21 heavy (non-hydrogen) atoms. The van der Waals surface area contributed by atoms with E-state index in [1.165, 1.54) is 12.3 Å². The summed E-state index contributed by atoms with van der Waals surface area (Å²) in [7, 11) is 0. The number of hydrogen-bond acceptors (Lipinski definition) is 5. The number of pyridine rings is 1. The number of aldehydes is 1. The number of halogens is 1. The van der Waals surface area contributed by atoms with E-state index in [-0.39, 0.29) is 11.9 Å². The second kappa shape index (κ2) is 5.44. The van der Waals surface area contributed by atoms with E-state index in [4.69, 9.17) is 4.74 Å². The van der Waals surface area contributed by atoms with Crippen LogP contribution in [-0.2, 0) is 9.53 Å². The smallest absolute Gasteiger partial charge is 0.141 e. The standard InChI is InChI=1S/C15H20FN3O2/c1-15(2)14(10-20)19-13(3-4-18(19)5-6-21-15)11-7-12(16)9-17-8-11/h7-10,13-14H,3-6H2,1-2H3. The number of hydrazine groups is 1. The van der Waals surface area contributed by atoms with Gasteiger partial charge in [-0.15, -0.1) is 0 Å². The molecule has 0 spiro atoms. The van der Waals surface area contributed by atoms with Crippen LogP contribution < -0.4 is 0 Å². The van der Waals surface area contributed by atoms with Crippen molar-refractivity contribution in [1.29, 1.82) is 0 Å². The maximum Gasteiger partial charge on any atom is 0.141 e. The molecule has 114 valence electrons. The van der Waals surface area contributed by atoms with Gasteiger partial charge in [-0.3, -0.25) is 4.98 Å². The van der Waals surface area contributed by atoms with E-state index in [1.807, 2.05) is 13.8 Å². The van der Waals surface area contributed by atoms with Crippen molar-refractivity contribution >= 4 is 6.29 Å². The molecule has 0 radical (unpaired) electrons. The quantitative estimate of drug-likeness (QED) is 0.774. The lowest BCUT2D eigenvalue weighted by atomic mass is 9.96. The van der Waals surface area contributed by atoms with Gasteiger partial charge < -0.3 is 9.53 Å². The summed E-state index contributed by atoms with van der Waals surface area (Å²) in [4.78, 5) is 15.6. The van der Waals surface area contributed by atoms with Gasteiger partial charge in [0.1, 0.15) is 18.1 Å². The number of carbonyl (C=O) groups is 1. The maximum atomic E-state index is 13.5. The molecule has 0 bridgehead atoms. The van der Waals surface area contributed by atoms with Crippen LogP contribution in [0, 0.1) is 5.82 Å². The van der Waals surface area contributed by atoms with E-state index in [1.54, 1.807) is 6.20 Å². The van der Waals surface area contributed by atoms with E-state index < -0.39 is 11.6 Å². The minimum atomic E-state index is -0.570. The Kier molecular flexibility index (Phi) is 3.77. The average molecular weight is 293 g/mol. The predicted molar refractivity (Wildman–Crippen MR) is 74.8 cm³/mol. The molecule has 3 heterocycles. The van der Waals surface area contributed by atoms with E-state index in [2.05, 4.69) is 15.0 Å². The number of nitrogens with zero attached hydrogens (tertiary/aromatic N) is 3. The molecule has 2 saturated heterocycles. The highest BCUT2D eigenvalue weighted by Crippen LogP contribution is 2.38. The Morgan fingerprint density at radius 2 is 2.24 bits per heavy atom. The second-order valence-electron chi connectivity index (χ2n) is 6.11. The molecule has 6 heteroatoms. The van der Waals surface area contributed by atoms with Crippen molar-refractivity contribution in [2.45, 2.75) is 38.0 Å². The van der Waals surface area contributed by atoms with Gasteiger partial charge in [-0.05, 0) is 31.9 Å². The topological polar surface area (TPSA) is 45.7 Å². The van der Waals surface area contributed by atoms with Crippen LogP contribution in [0.2, 0.25) is 0 Å². The van der Waals surface area contributed by atoms with Crippen LogP contribution >= 0.6 is 0 Å². The van der Waals surface area contributed by atoms with Crippen molar-refractivity contribution in [1.82, 2.24) is 15.0 Å². The Morgan fingerprint density at radius 3 is 2.95 bits per heavy atom. The molecule has 2 aliphatic heterocycles. The van der Waals surface area contributed by atoms with Gasteiger partial charge in [-0.25, -0.2) is 14.4 Å². The van der Waals surface area contributed by atoms with Crippen molar-refractivity contribution in [3.63, 3.8) is 0 Å². The van der Waals surface area contributed by atoms with Crippen LogP contribution in [0.5, 0.6) is 0 Å². The minimum absolute atomic E-state index is 0.0376. The summed E-state index contributed by atoms with van der Waals surface area (Å²) in [5.74, 6) is -0.348. The summed E-state index contributed by atoms with van der Waals surface area (Å²) >= 11 is 0. The number of rotatable bonds is 2. The molecule has 0 aliphatic carbocycles. The van der Waals surface area contributed by atoms with Crippen molar-refractivity contribution in [2.24, 2.45) is 0 Å². The zero-order chi connectivity index (χ0) is 15.0. The Hall–Kier alpha value is -1.37. The number of aromatic nitrogens is 1. The first-order valence-electron chi connectivity index (χ1n) is 7.26. The fraction of sp³-hybridized carbons (Fsp3) is 0.600. The van der Waals surface area contributed by atoms with Crippen molar-refractivity contribution < 1.29 is 13.9 Å². The van der Waals surface area contributed by atoms with Crippen LogP contribution in [0.25, 0.3) is 0 Å². The van der Waals surface area contributed by atoms with E-state index >= 15 is 0 Å². The van der Waals surface area contributed by atoms with Crippen LogP contribution in [0.3, 0.4) is 0 Å². The number of carbonyl (C=O) groups excluding carboxylic acids is 1. The second-order valence-corrected chi connectivity index (χ2v) is 6.11. The molecule has 0 aromatic carbocycles. The monoisotopic (exact) mass is 293 g/mol. The van der Waals surface area contributed by atoms with Gasteiger partial charge in [-0.2, -0.15) is 0 Å². The zero-order valence-electron chi connectivity index (χ0n) is 12.3. The number of ether oxygens (including phenoxy) is 1. The molecular weight excluding hydrogens is 273 g/mol. The predicted octanol–water partition coefficient (Wildman–Crippen LogP) is 1.56. The minimum Gasteiger partial charge on any atom is -0.372 e. The van der Waals surface area contributed by atoms with Crippen molar-refractivity contribution in [3.05, 3.63) is 29.8 Å². The van der Waals surface area contributed by atoms with Gasteiger partial charge in [0.15, 0.2) is 0 Å². The summed E-state index contributed by atoms with van der Waals surface area (Å²) in [5.41, 5.74) is 0.238. The van der Waals surface area contributed by atoms with Gasteiger partial charge in [0, 0.05) is 19.3 Å². The average Bonchev–Trinajstić information content (AvgIpc) is 2.77. The summed E-state index contributed by atoms with van der Waals surface area (Å²) in [5, 5.41) is 4.19. The molecule has 2 atom stereocenters. The third kappa shape index (κ3) is 2.59. The van der Waals surface area contributed by atoms with Gasteiger partial charge in [-0.1, -0.05) is 0 Å². The summed E-state index contributed by atoms with van der Waals surface area (Å²) < 4.78 is 19.3. The SMILES string of the molecule is CC1(C)OCCN2CCC(c3cncc(F)c3)N2C1C=O. The van der Waals surface area contributed by atoms with Crippen LogP contribution in [-0.4, -0.2) is 52.6 Å². The Bertz CT molecular complexity index is 537. The molecule has 1 aromatic rings. The number of hydrogen-bond donors (Lipinski definition) is 0. The molecule has 2 unspecified atom stereocenters. The summed E-state index contributed by atoms with van der Waals surface area (Å²) in [6.45, 7) is 6.02. The highest BCUT2D eigenvalue weighted by atomic mass is 19.1. The highest BCUT2D eigenvalue weighted by molar-refractivity contribution is 5.60. The fourth-order valence-corrected chi connectivity index (χ4v) is 3.29. The molecule has 0 N–H and O–H groups in total. The third-order valence-corrected chi connectivity index (χ3v) is 4.37. The van der Waals surface area contributed by atoms with Crippen LogP contribution in [0.15, 0.2) is 18.5 Å². The molecule has 2 aliphatic rings. The van der Waals surface area contributed by atoms with Crippen LogP contribution in [0.1, 0.15) is 31.9 Å². The first-order valence-corrected chi connectivity index (χ1v) is 7.26. The van der Waals surface area contributed by atoms with Crippen LogP contribution in [0.4, 0.5) is 4.39 Å². The number of fused-ring (bicyclic) bond motifs is 1. The Balaban J connectivity index is 1.98. The molecule has 3 rings (SSSR count). The van der Waals surface area contributed by atoms with Gasteiger partial charge in [0.05, 0.1) is 24.4 Å². The lowest BCUT2D eigenvalue weighted by Crippen LogP contribution is -2.53. The molecule has 5 nitrogen and oxygen atoms in total. The Morgan fingerprint density at radius 1 is 1.43 bits per heavy atom. The zero-order valence-corrected chi connectivity index (χ0v) is 12.3. The molecular formula is C15H20FN3O2. The largest absolute Gasteiger partial charge is 0.372 e.